The fraction of sp³-hybridized carbons (Fsp3) is 0.235. The maximum absolute atomic E-state index is 12.4. The van der Waals surface area contributed by atoms with E-state index in [0.29, 0.717) is 0 Å². The number of fused-ring (bicyclic) bond motifs is 1. The highest BCUT2D eigenvalue weighted by Crippen LogP contribution is 2.26. The first-order chi connectivity index (χ1) is 10.1. The molecule has 2 aromatic rings. The van der Waals surface area contributed by atoms with Crippen LogP contribution < -0.4 is 10.6 Å². The monoisotopic (exact) mass is 344 g/mol. The van der Waals surface area contributed by atoms with E-state index in [2.05, 4.69) is 32.6 Å². The number of amides is 1. The molecule has 0 aliphatic carbocycles. The smallest absolute Gasteiger partial charge is 0.243 e. The van der Waals surface area contributed by atoms with Crippen LogP contribution in [0.1, 0.15) is 24.1 Å². The van der Waals surface area contributed by atoms with E-state index < -0.39 is 0 Å². The zero-order chi connectivity index (χ0) is 14.8. The minimum absolute atomic E-state index is 0.0134. The van der Waals surface area contributed by atoms with E-state index in [0.717, 1.165) is 22.1 Å². The predicted octanol–water partition coefficient (Wildman–Crippen LogP) is 3.66. The molecule has 1 unspecified atom stereocenters. The van der Waals surface area contributed by atoms with Gasteiger partial charge in [-0.25, -0.2) is 0 Å². The van der Waals surface area contributed by atoms with Gasteiger partial charge in [0.2, 0.25) is 5.91 Å². The lowest BCUT2D eigenvalue weighted by Crippen LogP contribution is -2.39. The molecule has 0 fully saturated rings. The molecule has 3 nitrogen and oxygen atoms in total. The number of carbonyl (C=O) groups is 1. The molecule has 0 aromatic heterocycles. The SMILES string of the molecule is CC(NC(=O)[C@@H]1Cc2ccccc2N1)c1cccc(Br)c1. The molecular weight excluding hydrogens is 328 g/mol. The van der Waals surface area contributed by atoms with Crippen molar-refractivity contribution in [3.8, 4) is 0 Å². The Hall–Kier alpha value is -1.81. The lowest BCUT2D eigenvalue weighted by molar-refractivity contribution is -0.122. The molecule has 2 N–H and O–H groups in total. The standard InChI is InChI=1S/C17H17BrN2O/c1-11(12-6-4-7-14(18)9-12)19-17(21)16-10-13-5-2-3-8-15(13)20-16/h2-9,11,16,20H,10H2,1H3,(H,19,21)/t11?,16-/m0/s1. The second-order valence-corrected chi connectivity index (χ2v) is 6.26. The van der Waals surface area contributed by atoms with Crippen molar-refractivity contribution in [2.75, 3.05) is 5.32 Å². The van der Waals surface area contributed by atoms with Crippen LogP contribution >= 0.6 is 15.9 Å². The minimum atomic E-state index is -0.183. The topological polar surface area (TPSA) is 41.1 Å². The zero-order valence-electron chi connectivity index (χ0n) is 11.8. The van der Waals surface area contributed by atoms with Crippen LogP contribution in [0.25, 0.3) is 0 Å². The predicted molar refractivity (Wildman–Crippen MR) is 88.3 cm³/mol. The second-order valence-electron chi connectivity index (χ2n) is 5.34. The van der Waals surface area contributed by atoms with Gasteiger partial charge in [0.25, 0.3) is 0 Å². The van der Waals surface area contributed by atoms with Gasteiger partial charge in [0.05, 0.1) is 6.04 Å². The van der Waals surface area contributed by atoms with Crippen molar-refractivity contribution < 1.29 is 4.79 Å². The molecule has 1 amide bonds. The number of rotatable bonds is 3. The summed E-state index contributed by atoms with van der Waals surface area (Å²) in [5.74, 6) is 0.0404. The van der Waals surface area contributed by atoms with E-state index in [9.17, 15) is 4.79 Å². The Morgan fingerprint density at radius 2 is 2.10 bits per heavy atom. The summed E-state index contributed by atoms with van der Waals surface area (Å²) in [6, 6.07) is 15.9. The van der Waals surface area contributed by atoms with Crippen LogP contribution in [-0.2, 0) is 11.2 Å². The third kappa shape index (κ3) is 3.10. The molecule has 2 atom stereocenters. The molecule has 1 heterocycles. The highest BCUT2D eigenvalue weighted by Gasteiger charge is 2.27. The third-order valence-corrected chi connectivity index (χ3v) is 4.29. The number of para-hydroxylation sites is 1. The summed E-state index contributed by atoms with van der Waals surface area (Å²) in [6.45, 7) is 2.00. The van der Waals surface area contributed by atoms with Gasteiger partial charge >= 0.3 is 0 Å². The number of hydrogen-bond donors (Lipinski definition) is 2. The van der Waals surface area contributed by atoms with Gasteiger partial charge in [0.15, 0.2) is 0 Å². The molecule has 1 aliphatic rings. The van der Waals surface area contributed by atoms with E-state index >= 15 is 0 Å². The van der Waals surface area contributed by atoms with Crippen molar-refractivity contribution in [3.63, 3.8) is 0 Å². The molecule has 2 aromatic carbocycles. The molecule has 4 heteroatoms. The number of halogens is 1. The van der Waals surface area contributed by atoms with Crippen molar-refractivity contribution in [1.29, 1.82) is 0 Å². The second kappa shape index (κ2) is 5.90. The van der Waals surface area contributed by atoms with Gasteiger partial charge in [-0.3, -0.25) is 4.79 Å². The van der Waals surface area contributed by atoms with Crippen LogP contribution in [0.15, 0.2) is 53.0 Å². The van der Waals surface area contributed by atoms with Gasteiger partial charge in [0.1, 0.15) is 6.04 Å². The number of hydrogen-bond acceptors (Lipinski definition) is 2. The van der Waals surface area contributed by atoms with E-state index in [1.807, 2.05) is 49.4 Å². The van der Waals surface area contributed by atoms with Crippen LogP contribution in [0.4, 0.5) is 5.69 Å². The Labute approximate surface area is 132 Å². The molecule has 108 valence electrons. The van der Waals surface area contributed by atoms with Crippen LogP contribution in [0.2, 0.25) is 0 Å². The summed E-state index contributed by atoms with van der Waals surface area (Å²) in [5.41, 5.74) is 3.36. The normalized spacial score (nSPS) is 17.7. The number of anilines is 1. The molecule has 0 bridgehead atoms. The Kier molecular flexibility index (Phi) is 3.97. The summed E-state index contributed by atoms with van der Waals surface area (Å²) in [4.78, 5) is 12.4. The van der Waals surface area contributed by atoms with Gasteiger partial charge in [-0.1, -0.05) is 46.3 Å². The van der Waals surface area contributed by atoms with E-state index in [1.54, 1.807) is 0 Å². The molecule has 0 radical (unpaired) electrons. The third-order valence-electron chi connectivity index (χ3n) is 3.80. The van der Waals surface area contributed by atoms with Crippen LogP contribution in [0.5, 0.6) is 0 Å². The largest absolute Gasteiger partial charge is 0.373 e. The summed E-state index contributed by atoms with van der Waals surface area (Å²) in [6.07, 6.45) is 0.743. The molecule has 1 aliphatic heterocycles. The average Bonchev–Trinajstić information content (AvgIpc) is 2.91. The Morgan fingerprint density at radius 3 is 2.86 bits per heavy atom. The highest BCUT2D eigenvalue weighted by atomic mass is 79.9. The molecule has 0 spiro atoms. The van der Waals surface area contributed by atoms with Crippen LogP contribution in [-0.4, -0.2) is 11.9 Å². The van der Waals surface area contributed by atoms with E-state index in [4.69, 9.17) is 0 Å². The van der Waals surface area contributed by atoms with Crippen molar-refractivity contribution >= 4 is 27.5 Å². The summed E-state index contributed by atoms with van der Waals surface area (Å²) >= 11 is 3.46. The van der Waals surface area contributed by atoms with Gasteiger partial charge in [-0.15, -0.1) is 0 Å². The molecule has 0 saturated carbocycles. The first-order valence-electron chi connectivity index (χ1n) is 7.04. The van der Waals surface area contributed by atoms with Gasteiger partial charge < -0.3 is 10.6 Å². The van der Waals surface area contributed by atoms with Crippen molar-refractivity contribution in [3.05, 3.63) is 64.1 Å². The molecular formula is C17H17BrN2O. The van der Waals surface area contributed by atoms with Crippen LogP contribution in [0.3, 0.4) is 0 Å². The fourth-order valence-electron chi connectivity index (χ4n) is 2.63. The lowest BCUT2D eigenvalue weighted by atomic mass is 10.1. The number of carbonyl (C=O) groups excluding carboxylic acids is 1. The first kappa shape index (κ1) is 14.1. The molecule has 3 rings (SSSR count). The summed E-state index contributed by atoms with van der Waals surface area (Å²) in [7, 11) is 0. The van der Waals surface area contributed by atoms with Crippen molar-refractivity contribution in [2.24, 2.45) is 0 Å². The Balaban J connectivity index is 1.65. The lowest BCUT2D eigenvalue weighted by Gasteiger charge is -2.18. The first-order valence-corrected chi connectivity index (χ1v) is 7.83. The Bertz CT molecular complexity index is 646. The van der Waals surface area contributed by atoms with E-state index in [1.165, 1.54) is 5.56 Å². The highest BCUT2D eigenvalue weighted by molar-refractivity contribution is 9.10. The van der Waals surface area contributed by atoms with Crippen LogP contribution in [0, 0.1) is 0 Å². The molecule has 0 saturated heterocycles. The maximum Gasteiger partial charge on any atom is 0.243 e. The van der Waals surface area contributed by atoms with Gasteiger partial charge in [-0.05, 0) is 36.2 Å². The maximum atomic E-state index is 12.4. The van der Waals surface area contributed by atoms with Crippen molar-refractivity contribution in [1.82, 2.24) is 5.32 Å². The minimum Gasteiger partial charge on any atom is -0.373 e. The fourth-order valence-corrected chi connectivity index (χ4v) is 3.05. The quantitative estimate of drug-likeness (QED) is 0.891. The average molecular weight is 345 g/mol. The summed E-state index contributed by atoms with van der Waals surface area (Å²) < 4.78 is 1.02. The zero-order valence-corrected chi connectivity index (χ0v) is 13.4. The number of benzene rings is 2. The Morgan fingerprint density at radius 1 is 1.29 bits per heavy atom. The van der Waals surface area contributed by atoms with E-state index in [-0.39, 0.29) is 18.0 Å². The van der Waals surface area contributed by atoms with Gasteiger partial charge in [0, 0.05) is 16.6 Å². The number of nitrogens with one attached hydrogen (secondary N) is 2. The summed E-state index contributed by atoms with van der Waals surface area (Å²) in [5, 5.41) is 6.36. The molecule has 21 heavy (non-hydrogen) atoms. The van der Waals surface area contributed by atoms with Crippen molar-refractivity contribution in [2.45, 2.75) is 25.4 Å². The van der Waals surface area contributed by atoms with Gasteiger partial charge in [-0.2, -0.15) is 0 Å².